The Hall–Kier alpha value is -2.48. The van der Waals surface area contributed by atoms with Crippen molar-refractivity contribution in [3.8, 4) is 6.07 Å². The minimum absolute atomic E-state index is 0.292. The van der Waals surface area contributed by atoms with Gasteiger partial charge in [-0.3, -0.25) is 9.78 Å². The number of imidazole rings is 1. The topological polar surface area (TPSA) is 71.6 Å². The van der Waals surface area contributed by atoms with Crippen LogP contribution in [0.3, 0.4) is 0 Å². The van der Waals surface area contributed by atoms with Crippen LogP contribution in [0.2, 0.25) is 0 Å². The quantitative estimate of drug-likeness (QED) is 0.739. The van der Waals surface area contributed by atoms with Gasteiger partial charge in [0, 0.05) is 25.6 Å². The number of ketones is 1. The average molecular weight is 226 g/mol. The van der Waals surface area contributed by atoms with Gasteiger partial charge < -0.3 is 4.57 Å². The van der Waals surface area contributed by atoms with Crippen molar-refractivity contribution in [1.29, 1.82) is 5.26 Å². The Bertz CT molecular complexity index is 568. The lowest BCUT2D eigenvalue weighted by Crippen LogP contribution is -2.11. The van der Waals surface area contributed by atoms with Crippen LogP contribution in [0.25, 0.3) is 0 Å². The predicted octanol–water partition coefficient (Wildman–Crippen LogP) is 1.31. The summed E-state index contributed by atoms with van der Waals surface area (Å²) in [6.45, 7) is 0. The van der Waals surface area contributed by atoms with Crippen LogP contribution < -0.4 is 0 Å². The van der Waals surface area contributed by atoms with Crippen molar-refractivity contribution in [2.75, 3.05) is 0 Å². The fourth-order valence-electron chi connectivity index (χ4n) is 1.53. The summed E-state index contributed by atoms with van der Waals surface area (Å²) in [6, 6.07) is 5.32. The van der Waals surface area contributed by atoms with E-state index in [9.17, 15) is 4.79 Å². The second-order valence-corrected chi connectivity index (χ2v) is 3.63. The normalized spacial score (nSPS) is 11.8. The zero-order valence-electron chi connectivity index (χ0n) is 9.24. The highest BCUT2D eigenvalue weighted by Gasteiger charge is 2.23. The molecule has 2 rings (SSSR count). The Morgan fingerprint density at radius 3 is 2.71 bits per heavy atom. The lowest BCUT2D eigenvalue weighted by molar-refractivity contribution is 0.0974. The Balaban J connectivity index is 2.32. The molecule has 0 aliphatic carbocycles. The fourth-order valence-corrected chi connectivity index (χ4v) is 1.53. The van der Waals surface area contributed by atoms with Crippen LogP contribution in [0, 0.1) is 11.3 Å². The number of rotatable bonds is 3. The first-order valence-electron chi connectivity index (χ1n) is 5.04. The Labute approximate surface area is 98.4 Å². The summed E-state index contributed by atoms with van der Waals surface area (Å²) in [4.78, 5) is 19.9. The number of carbonyl (C=O) groups is 1. The van der Waals surface area contributed by atoms with E-state index in [2.05, 4.69) is 9.97 Å². The number of nitriles is 1. The third kappa shape index (κ3) is 2.21. The SMILES string of the molecule is Cn1cnc(C(=O)C(C#N)c2ccncc2)c1. The van der Waals surface area contributed by atoms with Gasteiger partial charge in [0.1, 0.15) is 11.6 Å². The summed E-state index contributed by atoms with van der Waals surface area (Å²) < 4.78 is 1.67. The smallest absolute Gasteiger partial charge is 0.204 e. The van der Waals surface area contributed by atoms with E-state index < -0.39 is 5.92 Å². The fraction of sp³-hybridized carbons (Fsp3) is 0.167. The molecule has 1 unspecified atom stereocenters. The van der Waals surface area contributed by atoms with Crippen molar-refractivity contribution in [2.24, 2.45) is 7.05 Å². The van der Waals surface area contributed by atoms with Gasteiger partial charge in [-0.25, -0.2) is 4.98 Å². The van der Waals surface area contributed by atoms with Crippen molar-refractivity contribution in [3.05, 3.63) is 48.3 Å². The summed E-state index contributed by atoms with van der Waals surface area (Å²) in [5.74, 6) is -1.12. The standard InChI is InChI=1S/C12H10N4O/c1-16-7-11(15-8-16)12(17)10(6-13)9-2-4-14-5-3-9/h2-5,7-8,10H,1H3. The molecule has 5 heteroatoms. The molecule has 0 radical (unpaired) electrons. The van der Waals surface area contributed by atoms with Crippen LogP contribution in [0.1, 0.15) is 22.0 Å². The zero-order chi connectivity index (χ0) is 12.3. The maximum absolute atomic E-state index is 12.1. The number of aromatic nitrogens is 3. The summed E-state index contributed by atoms with van der Waals surface area (Å²) in [7, 11) is 1.78. The van der Waals surface area contributed by atoms with Gasteiger partial charge in [-0.2, -0.15) is 5.26 Å². The molecule has 2 heterocycles. The van der Waals surface area contributed by atoms with E-state index in [1.165, 1.54) is 6.33 Å². The highest BCUT2D eigenvalue weighted by Crippen LogP contribution is 2.18. The predicted molar refractivity (Wildman–Crippen MR) is 60.1 cm³/mol. The zero-order valence-corrected chi connectivity index (χ0v) is 9.24. The van der Waals surface area contributed by atoms with E-state index in [1.807, 2.05) is 6.07 Å². The van der Waals surface area contributed by atoms with Gasteiger partial charge in [0.2, 0.25) is 5.78 Å². The molecule has 0 spiro atoms. The molecule has 0 amide bonds. The first kappa shape index (κ1) is 11.0. The largest absolute Gasteiger partial charge is 0.340 e. The number of carbonyl (C=O) groups excluding carboxylic acids is 1. The Morgan fingerprint density at radius 2 is 2.18 bits per heavy atom. The van der Waals surface area contributed by atoms with Gasteiger partial charge in [0.15, 0.2) is 0 Å². The van der Waals surface area contributed by atoms with Gasteiger partial charge in [-0.15, -0.1) is 0 Å². The highest BCUT2D eigenvalue weighted by molar-refractivity contribution is 6.01. The average Bonchev–Trinajstić information content (AvgIpc) is 2.78. The van der Waals surface area contributed by atoms with Gasteiger partial charge in [0.05, 0.1) is 12.4 Å². The molecule has 0 saturated heterocycles. The second kappa shape index (κ2) is 4.58. The third-order valence-corrected chi connectivity index (χ3v) is 2.39. The lowest BCUT2D eigenvalue weighted by atomic mass is 9.96. The minimum Gasteiger partial charge on any atom is -0.340 e. The summed E-state index contributed by atoms with van der Waals surface area (Å²) >= 11 is 0. The number of nitrogens with zero attached hydrogens (tertiary/aromatic N) is 4. The molecular formula is C12H10N4O. The van der Waals surface area contributed by atoms with Crippen molar-refractivity contribution in [1.82, 2.24) is 14.5 Å². The van der Waals surface area contributed by atoms with Crippen LogP contribution >= 0.6 is 0 Å². The molecule has 0 bridgehead atoms. The summed E-state index contributed by atoms with van der Waals surface area (Å²) in [5, 5.41) is 9.09. The van der Waals surface area contributed by atoms with Crippen LogP contribution in [0.4, 0.5) is 0 Å². The summed E-state index contributed by atoms with van der Waals surface area (Å²) in [5.41, 5.74) is 0.939. The maximum Gasteiger partial charge on any atom is 0.204 e. The van der Waals surface area contributed by atoms with E-state index in [4.69, 9.17) is 5.26 Å². The van der Waals surface area contributed by atoms with E-state index in [-0.39, 0.29) is 5.78 Å². The van der Waals surface area contributed by atoms with E-state index in [0.29, 0.717) is 11.3 Å². The monoisotopic (exact) mass is 226 g/mol. The Kier molecular flexibility index (Phi) is 2.97. The molecule has 84 valence electrons. The molecule has 0 aliphatic heterocycles. The molecule has 0 aliphatic rings. The molecule has 0 N–H and O–H groups in total. The van der Waals surface area contributed by atoms with Crippen LogP contribution in [-0.2, 0) is 7.05 Å². The van der Waals surface area contributed by atoms with Gasteiger partial charge in [-0.05, 0) is 17.7 Å². The van der Waals surface area contributed by atoms with E-state index in [0.717, 1.165) is 0 Å². The number of Topliss-reactive ketones (excluding diaryl/α,β-unsaturated/α-hetero) is 1. The van der Waals surface area contributed by atoms with Gasteiger partial charge >= 0.3 is 0 Å². The number of pyridine rings is 1. The highest BCUT2D eigenvalue weighted by atomic mass is 16.1. The van der Waals surface area contributed by atoms with E-state index >= 15 is 0 Å². The van der Waals surface area contributed by atoms with Gasteiger partial charge in [0.25, 0.3) is 0 Å². The first-order valence-corrected chi connectivity index (χ1v) is 5.04. The van der Waals surface area contributed by atoms with Crippen molar-refractivity contribution in [3.63, 3.8) is 0 Å². The lowest BCUT2D eigenvalue weighted by Gasteiger charge is -2.05. The molecule has 2 aromatic rings. The van der Waals surface area contributed by atoms with Crippen molar-refractivity contribution >= 4 is 5.78 Å². The van der Waals surface area contributed by atoms with Crippen LogP contribution in [0.15, 0.2) is 37.1 Å². The first-order chi connectivity index (χ1) is 8.22. The molecule has 0 fully saturated rings. The van der Waals surface area contributed by atoms with Crippen molar-refractivity contribution < 1.29 is 4.79 Å². The minimum atomic E-state index is -0.826. The van der Waals surface area contributed by atoms with Crippen LogP contribution in [0.5, 0.6) is 0 Å². The summed E-state index contributed by atoms with van der Waals surface area (Å²) in [6.07, 6.45) is 6.26. The second-order valence-electron chi connectivity index (χ2n) is 3.63. The molecular weight excluding hydrogens is 216 g/mol. The van der Waals surface area contributed by atoms with E-state index in [1.54, 1.807) is 42.3 Å². The van der Waals surface area contributed by atoms with Gasteiger partial charge in [-0.1, -0.05) is 0 Å². The molecule has 0 saturated carbocycles. The number of aryl methyl sites for hydroxylation is 1. The number of hydrogen-bond donors (Lipinski definition) is 0. The molecule has 17 heavy (non-hydrogen) atoms. The number of hydrogen-bond acceptors (Lipinski definition) is 4. The third-order valence-electron chi connectivity index (χ3n) is 2.39. The van der Waals surface area contributed by atoms with Crippen molar-refractivity contribution in [2.45, 2.75) is 5.92 Å². The molecule has 5 nitrogen and oxygen atoms in total. The maximum atomic E-state index is 12.1. The molecule has 0 aromatic carbocycles. The van der Waals surface area contributed by atoms with Crippen LogP contribution in [-0.4, -0.2) is 20.3 Å². The Morgan fingerprint density at radius 1 is 1.47 bits per heavy atom. The molecule has 1 atom stereocenters. The molecule has 2 aromatic heterocycles.